The van der Waals surface area contributed by atoms with Crippen LogP contribution in [0.4, 0.5) is 0 Å². The Kier molecular flexibility index (Phi) is 7.60. The highest BCUT2D eigenvalue weighted by Gasteiger charge is 2.31. The second-order valence-electron chi connectivity index (χ2n) is 8.94. The molecule has 0 spiro atoms. The van der Waals surface area contributed by atoms with E-state index in [-0.39, 0.29) is 10.8 Å². The highest BCUT2D eigenvalue weighted by atomic mass is 32.1. The van der Waals surface area contributed by atoms with Crippen molar-refractivity contribution in [3.63, 3.8) is 0 Å². The first kappa shape index (κ1) is 22.7. The maximum atomic E-state index is 5.89. The van der Waals surface area contributed by atoms with Gasteiger partial charge >= 0.3 is 0 Å². The fourth-order valence-electron chi connectivity index (χ4n) is 3.43. The normalized spacial score (nSPS) is 18.9. The van der Waals surface area contributed by atoms with Crippen molar-refractivity contribution in [1.29, 1.82) is 0 Å². The smallest absolute Gasteiger partial charge is 0.171 e. The zero-order valence-electron chi connectivity index (χ0n) is 18.2. The number of nitrogens with one attached hydrogen (secondary N) is 2. The molecule has 31 heavy (non-hydrogen) atoms. The van der Waals surface area contributed by atoms with E-state index in [4.69, 9.17) is 23.7 Å². The third-order valence-electron chi connectivity index (χ3n) is 5.44. The van der Waals surface area contributed by atoms with Gasteiger partial charge < -0.3 is 34.3 Å². The van der Waals surface area contributed by atoms with Gasteiger partial charge in [0.2, 0.25) is 0 Å². The van der Waals surface area contributed by atoms with Crippen molar-refractivity contribution in [2.75, 3.05) is 65.8 Å². The summed E-state index contributed by atoms with van der Waals surface area (Å²) in [6.07, 6.45) is 0. The van der Waals surface area contributed by atoms with Gasteiger partial charge in [0.15, 0.2) is 23.0 Å². The van der Waals surface area contributed by atoms with Gasteiger partial charge in [0.25, 0.3) is 0 Å². The van der Waals surface area contributed by atoms with Crippen LogP contribution in [0.5, 0.6) is 23.0 Å². The second-order valence-corrected chi connectivity index (χ2v) is 10.4. The Hall–Kier alpha value is -1.52. The molecule has 0 amide bonds. The van der Waals surface area contributed by atoms with Crippen molar-refractivity contribution in [2.45, 2.75) is 13.8 Å². The summed E-state index contributed by atoms with van der Waals surface area (Å²) < 4.78 is 29.3. The average Bonchev–Trinajstić information content (AvgIpc) is 3.35. The van der Waals surface area contributed by atoms with Crippen LogP contribution in [0.3, 0.4) is 0 Å². The largest absolute Gasteiger partial charge is 0.488 e. The van der Waals surface area contributed by atoms with Gasteiger partial charge in [-0.15, -0.1) is 22.7 Å². The summed E-state index contributed by atoms with van der Waals surface area (Å²) in [6.45, 7) is 11.6. The summed E-state index contributed by atoms with van der Waals surface area (Å²) in [5, 5.41) is 14.9. The Labute approximate surface area is 192 Å². The molecule has 0 unspecified atom stereocenters. The van der Waals surface area contributed by atoms with Crippen LogP contribution in [-0.4, -0.2) is 65.8 Å². The van der Waals surface area contributed by atoms with Gasteiger partial charge in [-0.1, -0.05) is 13.8 Å². The zero-order chi connectivity index (χ0) is 21.6. The molecule has 4 rings (SSSR count). The standard InChI is InChI=1S/C22H32N2O5S2/c1-21(13-26-17-7-30-8-18(17)27-14-21)11-23-3-5-25-6-4-24-12-22(2)15-28-19-9-31-10-20(19)29-16-22/h7-10,23-24H,3-6,11-16H2,1-2H3. The number of hydrogen-bond acceptors (Lipinski definition) is 9. The Morgan fingerprint density at radius 3 is 1.42 bits per heavy atom. The van der Waals surface area contributed by atoms with Crippen molar-refractivity contribution in [2.24, 2.45) is 10.8 Å². The number of rotatable bonds is 10. The SMILES string of the molecule is CC1(CNCCOCCNCC2(C)COc3cscc3OC2)COc2cscc2OC1. The Balaban J connectivity index is 1.03. The third-order valence-corrected chi connectivity index (χ3v) is 6.84. The molecule has 2 aliphatic rings. The zero-order valence-corrected chi connectivity index (χ0v) is 19.9. The van der Waals surface area contributed by atoms with Crippen molar-refractivity contribution in [1.82, 2.24) is 10.6 Å². The lowest BCUT2D eigenvalue weighted by Crippen LogP contribution is -2.42. The third kappa shape index (κ3) is 6.26. The molecule has 2 N–H and O–H groups in total. The van der Waals surface area contributed by atoms with Gasteiger partial charge in [0.05, 0.1) is 39.6 Å². The monoisotopic (exact) mass is 468 g/mol. The molecular weight excluding hydrogens is 436 g/mol. The maximum Gasteiger partial charge on any atom is 0.171 e. The topological polar surface area (TPSA) is 70.2 Å². The first-order chi connectivity index (χ1) is 15.1. The molecule has 0 aliphatic carbocycles. The predicted molar refractivity (Wildman–Crippen MR) is 123 cm³/mol. The molecule has 2 aromatic heterocycles. The van der Waals surface area contributed by atoms with Crippen LogP contribution in [0.25, 0.3) is 0 Å². The molecule has 0 saturated heterocycles. The van der Waals surface area contributed by atoms with Gasteiger partial charge in [0, 0.05) is 58.5 Å². The maximum absolute atomic E-state index is 5.89. The molecule has 0 bridgehead atoms. The summed E-state index contributed by atoms with van der Waals surface area (Å²) in [4.78, 5) is 0. The van der Waals surface area contributed by atoms with Gasteiger partial charge in [-0.2, -0.15) is 0 Å². The van der Waals surface area contributed by atoms with Gasteiger partial charge in [0.1, 0.15) is 0 Å². The predicted octanol–water partition coefficient (Wildman–Crippen LogP) is 3.26. The molecule has 4 heterocycles. The van der Waals surface area contributed by atoms with E-state index in [1.54, 1.807) is 22.7 Å². The summed E-state index contributed by atoms with van der Waals surface area (Å²) >= 11 is 3.21. The number of thiophene rings is 2. The van der Waals surface area contributed by atoms with Crippen LogP contribution < -0.4 is 29.6 Å². The van der Waals surface area contributed by atoms with Crippen LogP contribution in [0.2, 0.25) is 0 Å². The molecule has 0 aromatic carbocycles. The summed E-state index contributed by atoms with van der Waals surface area (Å²) in [6, 6.07) is 0. The van der Waals surface area contributed by atoms with E-state index in [1.165, 1.54) is 0 Å². The van der Waals surface area contributed by atoms with E-state index in [2.05, 4.69) is 24.5 Å². The molecule has 9 heteroatoms. The number of fused-ring (bicyclic) bond motifs is 2. The van der Waals surface area contributed by atoms with E-state index in [0.717, 1.165) is 49.2 Å². The molecule has 0 radical (unpaired) electrons. The summed E-state index contributed by atoms with van der Waals surface area (Å²) in [5.74, 6) is 3.43. The minimum absolute atomic E-state index is 0.0557. The van der Waals surface area contributed by atoms with E-state index in [0.29, 0.717) is 39.6 Å². The molecule has 2 aromatic rings. The molecule has 0 saturated carbocycles. The Morgan fingerprint density at radius 1 is 0.710 bits per heavy atom. The van der Waals surface area contributed by atoms with Crippen LogP contribution >= 0.6 is 22.7 Å². The molecular formula is C22H32N2O5S2. The first-order valence-corrected chi connectivity index (χ1v) is 12.6. The fraction of sp³-hybridized carbons (Fsp3) is 0.636. The van der Waals surface area contributed by atoms with Gasteiger partial charge in [-0.25, -0.2) is 0 Å². The fourth-order valence-corrected chi connectivity index (χ4v) is 4.80. The van der Waals surface area contributed by atoms with Crippen LogP contribution in [-0.2, 0) is 4.74 Å². The van der Waals surface area contributed by atoms with Crippen molar-refractivity contribution in [3.8, 4) is 23.0 Å². The van der Waals surface area contributed by atoms with Gasteiger partial charge in [-0.3, -0.25) is 0 Å². The van der Waals surface area contributed by atoms with E-state index >= 15 is 0 Å². The summed E-state index contributed by atoms with van der Waals surface area (Å²) in [5.41, 5.74) is -0.111. The second kappa shape index (κ2) is 10.4. The van der Waals surface area contributed by atoms with Crippen LogP contribution in [0, 0.1) is 10.8 Å². The molecule has 172 valence electrons. The minimum Gasteiger partial charge on any atom is -0.488 e. The lowest BCUT2D eigenvalue weighted by molar-refractivity contribution is 0.100. The van der Waals surface area contributed by atoms with E-state index in [9.17, 15) is 0 Å². The highest BCUT2D eigenvalue weighted by Crippen LogP contribution is 2.37. The quantitative estimate of drug-likeness (QED) is 0.519. The van der Waals surface area contributed by atoms with Crippen molar-refractivity contribution in [3.05, 3.63) is 21.5 Å². The van der Waals surface area contributed by atoms with Crippen molar-refractivity contribution >= 4 is 22.7 Å². The molecule has 7 nitrogen and oxygen atoms in total. The molecule has 2 aliphatic heterocycles. The van der Waals surface area contributed by atoms with Gasteiger partial charge in [-0.05, 0) is 0 Å². The minimum atomic E-state index is -0.0557. The van der Waals surface area contributed by atoms with Crippen LogP contribution in [0.1, 0.15) is 13.8 Å². The van der Waals surface area contributed by atoms with Crippen molar-refractivity contribution < 1.29 is 23.7 Å². The van der Waals surface area contributed by atoms with E-state index in [1.807, 2.05) is 21.5 Å². The lowest BCUT2D eigenvalue weighted by atomic mass is 9.93. The summed E-state index contributed by atoms with van der Waals surface area (Å²) in [7, 11) is 0. The average molecular weight is 469 g/mol. The van der Waals surface area contributed by atoms with Crippen LogP contribution in [0.15, 0.2) is 21.5 Å². The molecule has 0 atom stereocenters. The molecule has 0 fully saturated rings. The lowest BCUT2D eigenvalue weighted by Gasteiger charge is -2.27. The Bertz CT molecular complexity index is 713. The first-order valence-electron chi connectivity index (χ1n) is 10.7. The number of ether oxygens (including phenoxy) is 5. The highest BCUT2D eigenvalue weighted by molar-refractivity contribution is 7.08. The Morgan fingerprint density at radius 2 is 1.06 bits per heavy atom. The van der Waals surface area contributed by atoms with E-state index < -0.39 is 0 Å². The number of hydrogen-bond donors (Lipinski definition) is 2.